The molecule has 9 heteroatoms. The summed E-state index contributed by atoms with van der Waals surface area (Å²) in [7, 11) is 0. The SMILES string of the molecule is O=C(O)C=CC(=O)OCC(CO)OC(=O)CCCCCCCCC(=O)O. The number of aliphatic hydroxyl groups is 1. The van der Waals surface area contributed by atoms with Gasteiger partial charge in [0.15, 0.2) is 6.10 Å². The molecular weight excluding hydrogens is 348 g/mol. The van der Waals surface area contributed by atoms with Crippen molar-refractivity contribution in [3.05, 3.63) is 12.2 Å². The molecule has 1 atom stereocenters. The second kappa shape index (κ2) is 14.9. The van der Waals surface area contributed by atoms with Crippen LogP contribution in [0.4, 0.5) is 0 Å². The fourth-order valence-electron chi connectivity index (χ4n) is 1.98. The molecule has 26 heavy (non-hydrogen) atoms. The Labute approximate surface area is 151 Å². The molecule has 0 rings (SSSR count). The van der Waals surface area contributed by atoms with Crippen LogP contribution >= 0.6 is 0 Å². The molecule has 0 amide bonds. The van der Waals surface area contributed by atoms with Gasteiger partial charge in [0.1, 0.15) is 6.61 Å². The summed E-state index contributed by atoms with van der Waals surface area (Å²) in [6.07, 6.45) is 5.37. The molecule has 0 aromatic heterocycles. The van der Waals surface area contributed by atoms with Crippen molar-refractivity contribution in [3.63, 3.8) is 0 Å². The number of carboxylic acids is 2. The van der Waals surface area contributed by atoms with Gasteiger partial charge in [-0.1, -0.05) is 25.7 Å². The van der Waals surface area contributed by atoms with Gasteiger partial charge < -0.3 is 24.8 Å². The van der Waals surface area contributed by atoms with E-state index in [0.29, 0.717) is 18.9 Å². The number of hydrogen-bond acceptors (Lipinski definition) is 7. The van der Waals surface area contributed by atoms with E-state index in [1.807, 2.05) is 0 Å². The first-order valence-electron chi connectivity index (χ1n) is 8.45. The smallest absolute Gasteiger partial charge is 0.331 e. The third-order valence-electron chi connectivity index (χ3n) is 3.30. The van der Waals surface area contributed by atoms with E-state index in [-0.39, 0.29) is 19.4 Å². The summed E-state index contributed by atoms with van der Waals surface area (Å²) in [6, 6.07) is 0. The van der Waals surface area contributed by atoms with E-state index in [9.17, 15) is 19.2 Å². The van der Waals surface area contributed by atoms with Crippen molar-refractivity contribution in [3.8, 4) is 0 Å². The van der Waals surface area contributed by atoms with Crippen LogP contribution in [0.1, 0.15) is 51.4 Å². The maximum absolute atomic E-state index is 11.7. The van der Waals surface area contributed by atoms with Gasteiger partial charge in [-0.3, -0.25) is 9.59 Å². The minimum absolute atomic E-state index is 0.165. The molecule has 0 fully saturated rings. The van der Waals surface area contributed by atoms with E-state index >= 15 is 0 Å². The first kappa shape index (κ1) is 23.6. The number of carbonyl (C=O) groups excluding carboxylic acids is 2. The topological polar surface area (TPSA) is 147 Å². The van der Waals surface area contributed by atoms with Crippen LogP contribution in [-0.2, 0) is 28.7 Å². The third kappa shape index (κ3) is 15.1. The van der Waals surface area contributed by atoms with Crippen molar-refractivity contribution >= 4 is 23.9 Å². The highest BCUT2D eigenvalue weighted by molar-refractivity contribution is 5.90. The van der Waals surface area contributed by atoms with E-state index in [1.165, 1.54) is 0 Å². The van der Waals surface area contributed by atoms with Crippen LogP contribution in [0.3, 0.4) is 0 Å². The second-order valence-corrected chi connectivity index (χ2v) is 5.61. The van der Waals surface area contributed by atoms with Crippen LogP contribution in [0.5, 0.6) is 0 Å². The molecule has 3 N–H and O–H groups in total. The Balaban J connectivity index is 3.79. The molecular formula is C17H26O9. The van der Waals surface area contributed by atoms with Gasteiger partial charge in [0.05, 0.1) is 6.61 Å². The molecule has 0 bridgehead atoms. The molecule has 0 aromatic carbocycles. The normalized spacial score (nSPS) is 11.9. The van der Waals surface area contributed by atoms with E-state index in [2.05, 4.69) is 4.74 Å². The van der Waals surface area contributed by atoms with Crippen molar-refractivity contribution in [1.82, 2.24) is 0 Å². The Kier molecular flexibility index (Phi) is 13.5. The lowest BCUT2D eigenvalue weighted by molar-refractivity contribution is -0.159. The van der Waals surface area contributed by atoms with Crippen LogP contribution in [0.2, 0.25) is 0 Å². The van der Waals surface area contributed by atoms with Crippen LogP contribution in [0.15, 0.2) is 12.2 Å². The Hall–Kier alpha value is -2.42. The molecule has 0 saturated heterocycles. The first-order chi connectivity index (χ1) is 12.3. The molecule has 1 unspecified atom stereocenters. The summed E-state index contributed by atoms with van der Waals surface area (Å²) in [5.74, 6) is -3.53. The standard InChI is InChI=1S/C17H26O9/c18-11-13(12-25-16(23)10-9-15(21)22)26-17(24)8-6-4-2-1-3-5-7-14(19)20/h9-10,13,18H,1-8,11-12H2,(H,19,20)(H,21,22). The van der Waals surface area contributed by atoms with Crippen LogP contribution < -0.4 is 0 Å². The van der Waals surface area contributed by atoms with E-state index < -0.39 is 36.6 Å². The quantitative estimate of drug-likeness (QED) is 0.219. The summed E-state index contributed by atoms with van der Waals surface area (Å²) in [5, 5.41) is 26.0. The third-order valence-corrected chi connectivity index (χ3v) is 3.30. The fourth-order valence-corrected chi connectivity index (χ4v) is 1.98. The average Bonchev–Trinajstić information content (AvgIpc) is 2.58. The Morgan fingerprint density at radius 3 is 1.96 bits per heavy atom. The van der Waals surface area contributed by atoms with Gasteiger partial charge in [-0.15, -0.1) is 0 Å². The number of aliphatic hydroxyl groups excluding tert-OH is 1. The number of rotatable bonds is 15. The lowest BCUT2D eigenvalue weighted by Crippen LogP contribution is -2.28. The van der Waals surface area contributed by atoms with Gasteiger partial charge in [0.2, 0.25) is 0 Å². The summed E-state index contributed by atoms with van der Waals surface area (Å²) in [4.78, 5) is 43.4. The first-order valence-corrected chi connectivity index (χ1v) is 8.45. The molecule has 9 nitrogen and oxygen atoms in total. The number of carbonyl (C=O) groups is 4. The number of hydrogen-bond donors (Lipinski definition) is 3. The minimum atomic E-state index is -1.30. The van der Waals surface area contributed by atoms with Crippen molar-refractivity contribution < 1.29 is 44.0 Å². The molecule has 0 radical (unpaired) electrons. The maximum Gasteiger partial charge on any atom is 0.331 e. The van der Waals surface area contributed by atoms with Crippen LogP contribution in [0.25, 0.3) is 0 Å². The summed E-state index contributed by atoms with van der Waals surface area (Å²) in [5.41, 5.74) is 0. The Bertz CT molecular complexity index is 485. The summed E-state index contributed by atoms with van der Waals surface area (Å²) < 4.78 is 9.65. The Morgan fingerprint density at radius 1 is 0.846 bits per heavy atom. The van der Waals surface area contributed by atoms with E-state index in [1.54, 1.807) is 0 Å². The minimum Gasteiger partial charge on any atom is -0.481 e. The second-order valence-electron chi connectivity index (χ2n) is 5.61. The zero-order valence-electron chi connectivity index (χ0n) is 14.6. The van der Waals surface area contributed by atoms with Gasteiger partial charge in [0, 0.05) is 25.0 Å². The lowest BCUT2D eigenvalue weighted by Gasteiger charge is -2.15. The highest BCUT2D eigenvalue weighted by Crippen LogP contribution is 2.09. The van der Waals surface area contributed by atoms with E-state index in [0.717, 1.165) is 31.8 Å². The predicted molar refractivity (Wildman–Crippen MR) is 89.3 cm³/mol. The van der Waals surface area contributed by atoms with Crippen LogP contribution in [-0.4, -0.2) is 58.5 Å². The Morgan fingerprint density at radius 2 is 1.42 bits per heavy atom. The highest BCUT2D eigenvalue weighted by Gasteiger charge is 2.15. The van der Waals surface area contributed by atoms with Gasteiger partial charge in [-0.2, -0.15) is 0 Å². The van der Waals surface area contributed by atoms with Gasteiger partial charge in [0.25, 0.3) is 0 Å². The highest BCUT2D eigenvalue weighted by atomic mass is 16.6. The fraction of sp³-hybridized carbons (Fsp3) is 0.647. The van der Waals surface area contributed by atoms with E-state index in [4.69, 9.17) is 20.1 Å². The molecule has 0 aromatic rings. The maximum atomic E-state index is 11.7. The number of aliphatic carboxylic acids is 2. The van der Waals surface area contributed by atoms with Crippen molar-refractivity contribution in [2.45, 2.75) is 57.5 Å². The molecule has 0 aliphatic rings. The predicted octanol–water partition coefficient (Wildman–Crippen LogP) is 1.28. The average molecular weight is 374 g/mol. The van der Waals surface area contributed by atoms with Gasteiger partial charge >= 0.3 is 23.9 Å². The molecule has 0 heterocycles. The number of ether oxygens (including phenoxy) is 2. The van der Waals surface area contributed by atoms with Gasteiger partial charge in [-0.05, 0) is 12.8 Å². The molecule has 0 saturated carbocycles. The number of unbranched alkanes of at least 4 members (excludes halogenated alkanes) is 5. The summed E-state index contributed by atoms with van der Waals surface area (Å²) >= 11 is 0. The summed E-state index contributed by atoms with van der Waals surface area (Å²) in [6.45, 7) is -0.889. The largest absolute Gasteiger partial charge is 0.481 e. The zero-order valence-corrected chi connectivity index (χ0v) is 14.6. The van der Waals surface area contributed by atoms with Crippen molar-refractivity contribution in [1.29, 1.82) is 0 Å². The molecule has 0 aliphatic heterocycles. The number of carboxylic acid groups (broad SMARTS) is 2. The van der Waals surface area contributed by atoms with Gasteiger partial charge in [-0.25, -0.2) is 9.59 Å². The van der Waals surface area contributed by atoms with Crippen LogP contribution in [0, 0.1) is 0 Å². The molecule has 0 aliphatic carbocycles. The zero-order chi connectivity index (χ0) is 19.8. The van der Waals surface area contributed by atoms with Crippen molar-refractivity contribution in [2.75, 3.05) is 13.2 Å². The molecule has 148 valence electrons. The monoisotopic (exact) mass is 374 g/mol. The number of esters is 2. The lowest BCUT2D eigenvalue weighted by atomic mass is 10.1. The van der Waals surface area contributed by atoms with Crippen molar-refractivity contribution in [2.24, 2.45) is 0 Å². The molecule has 0 spiro atoms.